The lowest BCUT2D eigenvalue weighted by Gasteiger charge is -2.20. The fourth-order valence-electron chi connectivity index (χ4n) is 1.37. The molecule has 3 nitrogen and oxygen atoms in total. The summed E-state index contributed by atoms with van der Waals surface area (Å²) < 4.78 is 5.41. The zero-order chi connectivity index (χ0) is 12.6. The summed E-state index contributed by atoms with van der Waals surface area (Å²) in [5.74, 6) is -0.0149. The third kappa shape index (κ3) is 9.97. The first-order chi connectivity index (χ1) is 7.35. The van der Waals surface area contributed by atoms with Gasteiger partial charge in [-0.2, -0.15) is 0 Å². The summed E-state index contributed by atoms with van der Waals surface area (Å²) in [5.41, 5.74) is -0.247. The molecule has 0 heterocycles. The van der Waals surface area contributed by atoms with Crippen LogP contribution in [0.15, 0.2) is 0 Å². The van der Waals surface area contributed by atoms with Gasteiger partial charge in [-0.3, -0.25) is 4.79 Å². The highest BCUT2D eigenvalue weighted by Crippen LogP contribution is 2.06. The molecular weight excluding hydrogens is 202 g/mol. The van der Waals surface area contributed by atoms with Crippen LogP contribution in [0.2, 0.25) is 0 Å². The van der Waals surface area contributed by atoms with E-state index in [1.54, 1.807) is 0 Å². The summed E-state index contributed by atoms with van der Waals surface area (Å²) in [6.45, 7) is 10.2. The number of amides is 1. The summed E-state index contributed by atoms with van der Waals surface area (Å²) in [6.07, 6.45) is 4.68. The summed E-state index contributed by atoms with van der Waals surface area (Å²) in [6, 6.07) is 0.252. The lowest BCUT2D eigenvalue weighted by molar-refractivity contribution is -0.131. The van der Waals surface area contributed by atoms with E-state index in [1.807, 2.05) is 27.7 Å². The van der Waals surface area contributed by atoms with Crippen LogP contribution in [0, 0.1) is 0 Å². The maximum absolute atomic E-state index is 11.5. The molecule has 0 aliphatic carbocycles. The van der Waals surface area contributed by atoms with Crippen LogP contribution in [0.4, 0.5) is 0 Å². The van der Waals surface area contributed by atoms with Crippen molar-refractivity contribution in [2.75, 3.05) is 6.61 Å². The molecule has 0 aromatic heterocycles. The molecule has 16 heavy (non-hydrogen) atoms. The van der Waals surface area contributed by atoms with Crippen LogP contribution < -0.4 is 5.32 Å². The van der Waals surface area contributed by atoms with Gasteiger partial charge < -0.3 is 10.1 Å². The number of rotatable bonds is 7. The minimum absolute atomic E-state index is 0.0149. The van der Waals surface area contributed by atoms with Crippen molar-refractivity contribution in [2.24, 2.45) is 0 Å². The van der Waals surface area contributed by atoms with E-state index in [1.165, 1.54) is 19.3 Å². The van der Waals surface area contributed by atoms with Crippen molar-refractivity contribution in [1.82, 2.24) is 5.32 Å². The number of carbonyl (C=O) groups is 1. The van der Waals surface area contributed by atoms with E-state index in [0.29, 0.717) is 0 Å². The Morgan fingerprint density at radius 1 is 1.31 bits per heavy atom. The van der Waals surface area contributed by atoms with Crippen LogP contribution in [-0.4, -0.2) is 24.2 Å². The maximum atomic E-state index is 11.5. The molecule has 1 N–H and O–H groups in total. The monoisotopic (exact) mass is 229 g/mol. The largest absolute Gasteiger partial charge is 0.366 e. The molecular formula is C13H27NO2. The van der Waals surface area contributed by atoms with Crippen LogP contribution in [0.1, 0.15) is 60.3 Å². The van der Waals surface area contributed by atoms with E-state index in [0.717, 1.165) is 6.42 Å². The average Bonchev–Trinajstić information content (AvgIpc) is 2.14. The molecule has 96 valence electrons. The van der Waals surface area contributed by atoms with Crippen LogP contribution in [0.5, 0.6) is 0 Å². The van der Waals surface area contributed by atoms with Crippen LogP contribution >= 0.6 is 0 Å². The third-order valence-corrected chi connectivity index (χ3v) is 2.28. The van der Waals surface area contributed by atoms with Crippen molar-refractivity contribution in [3.8, 4) is 0 Å². The molecule has 0 fully saturated rings. The number of unbranched alkanes of at least 4 members (excludes halogenated alkanes) is 2. The number of ether oxygens (including phenoxy) is 1. The van der Waals surface area contributed by atoms with Gasteiger partial charge in [0.15, 0.2) is 0 Å². The fraction of sp³-hybridized carbons (Fsp3) is 0.923. The lowest BCUT2D eigenvalue weighted by Crippen LogP contribution is -2.37. The van der Waals surface area contributed by atoms with E-state index < -0.39 is 0 Å². The molecule has 0 aromatic carbocycles. The number of hydrogen-bond acceptors (Lipinski definition) is 2. The molecule has 0 spiro atoms. The van der Waals surface area contributed by atoms with Gasteiger partial charge in [0.05, 0.1) is 5.60 Å². The summed E-state index contributed by atoms with van der Waals surface area (Å²) in [4.78, 5) is 11.5. The van der Waals surface area contributed by atoms with E-state index in [2.05, 4.69) is 12.2 Å². The van der Waals surface area contributed by atoms with Crippen molar-refractivity contribution in [2.45, 2.75) is 71.9 Å². The topological polar surface area (TPSA) is 38.3 Å². The molecule has 1 amide bonds. The average molecular weight is 229 g/mol. The Hall–Kier alpha value is -0.570. The Bertz CT molecular complexity index is 197. The highest BCUT2D eigenvalue weighted by Gasteiger charge is 2.13. The molecule has 0 aromatic rings. The van der Waals surface area contributed by atoms with Crippen molar-refractivity contribution in [3.05, 3.63) is 0 Å². The van der Waals surface area contributed by atoms with Gasteiger partial charge in [-0.1, -0.05) is 26.2 Å². The van der Waals surface area contributed by atoms with Gasteiger partial charge in [0, 0.05) is 6.04 Å². The van der Waals surface area contributed by atoms with Crippen molar-refractivity contribution in [1.29, 1.82) is 0 Å². The van der Waals surface area contributed by atoms with E-state index in [-0.39, 0.29) is 24.2 Å². The van der Waals surface area contributed by atoms with Gasteiger partial charge in [-0.05, 0) is 34.1 Å². The van der Waals surface area contributed by atoms with Gasteiger partial charge >= 0.3 is 0 Å². The molecule has 0 bridgehead atoms. The van der Waals surface area contributed by atoms with Crippen LogP contribution in [-0.2, 0) is 9.53 Å². The van der Waals surface area contributed by atoms with Crippen molar-refractivity contribution >= 4 is 5.91 Å². The van der Waals surface area contributed by atoms with Crippen molar-refractivity contribution < 1.29 is 9.53 Å². The maximum Gasteiger partial charge on any atom is 0.246 e. The standard InChI is InChI=1S/C13H27NO2/c1-6-7-8-9-11(2)14-12(15)10-16-13(3,4)5/h11H,6-10H2,1-5H3,(H,14,15). The summed E-state index contributed by atoms with van der Waals surface area (Å²) in [7, 11) is 0. The zero-order valence-electron chi connectivity index (χ0n) is 11.4. The highest BCUT2D eigenvalue weighted by atomic mass is 16.5. The summed E-state index contributed by atoms with van der Waals surface area (Å²) in [5, 5.41) is 2.95. The van der Waals surface area contributed by atoms with Gasteiger partial charge in [-0.15, -0.1) is 0 Å². The minimum atomic E-state index is -0.247. The minimum Gasteiger partial charge on any atom is -0.366 e. The molecule has 0 saturated heterocycles. The molecule has 0 saturated carbocycles. The normalized spacial score (nSPS) is 13.6. The van der Waals surface area contributed by atoms with Crippen LogP contribution in [0.3, 0.4) is 0 Å². The van der Waals surface area contributed by atoms with Gasteiger partial charge in [-0.25, -0.2) is 0 Å². The molecule has 0 rings (SSSR count). The quantitative estimate of drug-likeness (QED) is 0.682. The number of carbonyl (C=O) groups excluding carboxylic acids is 1. The second kappa shape index (κ2) is 7.66. The SMILES string of the molecule is CCCCCC(C)NC(=O)COC(C)(C)C. The first-order valence-electron chi connectivity index (χ1n) is 6.28. The smallest absolute Gasteiger partial charge is 0.246 e. The molecule has 0 aliphatic heterocycles. The highest BCUT2D eigenvalue weighted by molar-refractivity contribution is 5.77. The van der Waals surface area contributed by atoms with E-state index in [9.17, 15) is 4.79 Å². The predicted molar refractivity (Wildman–Crippen MR) is 67.5 cm³/mol. The Morgan fingerprint density at radius 3 is 2.44 bits per heavy atom. The molecule has 1 atom stereocenters. The number of hydrogen-bond donors (Lipinski definition) is 1. The number of nitrogens with one attached hydrogen (secondary N) is 1. The Morgan fingerprint density at radius 2 is 1.94 bits per heavy atom. The predicted octanol–water partition coefficient (Wildman–Crippen LogP) is 2.89. The van der Waals surface area contributed by atoms with E-state index >= 15 is 0 Å². The third-order valence-electron chi connectivity index (χ3n) is 2.28. The zero-order valence-corrected chi connectivity index (χ0v) is 11.4. The molecule has 3 heteroatoms. The van der Waals surface area contributed by atoms with Crippen molar-refractivity contribution in [3.63, 3.8) is 0 Å². The fourth-order valence-corrected chi connectivity index (χ4v) is 1.37. The summed E-state index contributed by atoms with van der Waals surface area (Å²) >= 11 is 0. The molecule has 1 unspecified atom stereocenters. The lowest BCUT2D eigenvalue weighted by atomic mass is 10.1. The Kier molecular flexibility index (Phi) is 7.39. The Balaban J connectivity index is 3.62. The first-order valence-corrected chi connectivity index (χ1v) is 6.28. The first kappa shape index (κ1) is 15.4. The van der Waals surface area contributed by atoms with E-state index in [4.69, 9.17) is 4.74 Å². The Labute approximate surface area is 99.9 Å². The second-order valence-electron chi connectivity index (χ2n) is 5.37. The van der Waals surface area contributed by atoms with Gasteiger partial charge in [0.1, 0.15) is 6.61 Å². The second-order valence-corrected chi connectivity index (χ2v) is 5.37. The van der Waals surface area contributed by atoms with Crippen LogP contribution in [0.25, 0.3) is 0 Å². The molecule has 0 radical (unpaired) electrons. The van der Waals surface area contributed by atoms with Gasteiger partial charge in [0.2, 0.25) is 5.91 Å². The van der Waals surface area contributed by atoms with Gasteiger partial charge in [0.25, 0.3) is 0 Å². The molecule has 0 aliphatic rings.